The topological polar surface area (TPSA) is 63.1 Å². The minimum absolute atomic E-state index is 0.143. The number of fused-ring (bicyclic) bond motifs is 1. The van der Waals surface area contributed by atoms with E-state index >= 15 is 0 Å². The first-order valence-corrected chi connectivity index (χ1v) is 9.84. The van der Waals surface area contributed by atoms with Gasteiger partial charge in [0, 0.05) is 12.6 Å². The quantitative estimate of drug-likeness (QED) is 0.894. The fraction of sp³-hybridized carbons (Fsp3) is 0.550. The summed E-state index contributed by atoms with van der Waals surface area (Å²) in [5.74, 6) is 0.537. The van der Waals surface area contributed by atoms with E-state index in [1.54, 1.807) is 17.3 Å². The number of hydrogen-bond donors (Lipinski definition) is 1. The third-order valence-corrected chi connectivity index (χ3v) is 5.92. The van der Waals surface area contributed by atoms with Crippen molar-refractivity contribution in [2.24, 2.45) is 0 Å². The summed E-state index contributed by atoms with van der Waals surface area (Å²) < 4.78 is 15.7. The smallest absolute Gasteiger partial charge is 0.318 e. The van der Waals surface area contributed by atoms with Gasteiger partial charge < -0.3 is 14.8 Å². The molecule has 7 heteroatoms. The molecule has 27 heavy (non-hydrogen) atoms. The van der Waals surface area contributed by atoms with Crippen molar-refractivity contribution >= 4 is 6.03 Å². The number of hydrogen-bond acceptors (Lipinski definition) is 3. The molecule has 1 fully saturated rings. The van der Waals surface area contributed by atoms with Gasteiger partial charge in [0.05, 0.1) is 12.6 Å². The molecule has 0 saturated heterocycles. The molecule has 2 amide bonds. The van der Waals surface area contributed by atoms with Crippen LogP contribution >= 0.6 is 0 Å². The van der Waals surface area contributed by atoms with Gasteiger partial charge >= 0.3 is 6.03 Å². The van der Waals surface area contributed by atoms with Crippen LogP contribution in [0.3, 0.4) is 0 Å². The molecule has 2 aromatic rings. The van der Waals surface area contributed by atoms with Crippen molar-refractivity contribution in [3.8, 4) is 0 Å². The molecule has 1 aromatic carbocycles. The summed E-state index contributed by atoms with van der Waals surface area (Å²) in [6.07, 6.45) is 8.56. The van der Waals surface area contributed by atoms with Gasteiger partial charge in [-0.3, -0.25) is 0 Å². The Morgan fingerprint density at radius 2 is 2.11 bits per heavy atom. The molecule has 0 radical (unpaired) electrons. The van der Waals surface area contributed by atoms with Gasteiger partial charge in [-0.15, -0.1) is 10.2 Å². The fourth-order valence-electron chi connectivity index (χ4n) is 4.38. The van der Waals surface area contributed by atoms with Gasteiger partial charge in [-0.2, -0.15) is 0 Å². The van der Waals surface area contributed by atoms with Crippen LogP contribution in [-0.4, -0.2) is 32.2 Å². The average Bonchev–Trinajstić information content (AvgIpc) is 3.16. The summed E-state index contributed by atoms with van der Waals surface area (Å²) in [7, 11) is 0. The minimum Gasteiger partial charge on any atom is -0.331 e. The number of urea groups is 1. The zero-order chi connectivity index (χ0) is 18.8. The van der Waals surface area contributed by atoms with Crippen molar-refractivity contribution in [3.05, 3.63) is 47.3 Å². The van der Waals surface area contributed by atoms with E-state index in [4.69, 9.17) is 0 Å². The largest absolute Gasteiger partial charge is 0.331 e. The van der Waals surface area contributed by atoms with Crippen molar-refractivity contribution in [2.75, 3.05) is 6.54 Å². The van der Waals surface area contributed by atoms with Crippen LogP contribution < -0.4 is 5.32 Å². The number of carbonyl (C=O) groups is 1. The third kappa shape index (κ3) is 3.68. The summed E-state index contributed by atoms with van der Waals surface area (Å²) >= 11 is 0. The standard InChI is InChI=1S/C20H26FN5O/c1-14-18-11-16(21)8-7-15(18)9-10-25(14)20(27)22-12-19-24-23-13-26(19)17-5-3-2-4-6-17/h7-8,11,13-14,17H,2-6,9-10,12H2,1H3,(H,22,27)/t14-/m0/s1. The van der Waals surface area contributed by atoms with Crippen LogP contribution in [0.5, 0.6) is 0 Å². The Bertz CT molecular complexity index is 814. The van der Waals surface area contributed by atoms with E-state index in [-0.39, 0.29) is 17.9 Å². The highest BCUT2D eigenvalue weighted by molar-refractivity contribution is 5.75. The highest BCUT2D eigenvalue weighted by atomic mass is 19.1. The van der Waals surface area contributed by atoms with Gasteiger partial charge in [0.25, 0.3) is 0 Å². The zero-order valence-corrected chi connectivity index (χ0v) is 15.7. The molecule has 1 atom stereocenters. The van der Waals surface area contributed by atoms with Crippen LogP contribution in [0.1, 0.15) is 68.1 Å². The second-order valence-corrected chi connectivity index (χ2v) is 7.57. The Morgan fingerprint density at radius 3 is 2.93 bits per heavy atom. The summed E-state index contributed by atoms with van der Waals surface area (Å²) in [5, 5.41) is 11.2. The number of aromatic nitrogens is 3. The second kappa shape index (κ2) is 7.66. The number of nitrogens with zero attached hydrogens (tertiary/aromatic N) is 4. The number of nitrogens with one attached hydrogen (secondary N) is 1. The first-order valence-electron chi connectivity index (χ1n) is 9.84. The van der Waals surface area contributed by atoms with Crippen molar-refractivity contribution in [3.63, 3.8) is 0 Å². The number of carbonyl (C=O) groups excluding carboxylic acids is 1. The van der Waals surface area contributed by atoms with Crippen LogP contribution in [-0.2, 0) is 13.0 Å². The van der Waals surface area contributed by atoms with Gasteiger partial charge in [0.2, 0.25) is 0 Å². The van der Waals surface area contributed by atoms with Crippen LogP contribution in [0.2, 0.25) is 0 Å². The molecule has 1 saturated carbocycles. The van der Waals surface area contributed by atoms with E-state index in [9.17, 15) is 9.18 Å². The number of benzene rings is 1. The molecule has 1 aliphatic heterocycles. The Morgan fingerprint density at radius 1 is 1.30 bits per heavy atom. The molecule has 0 spiro atoms. The average molecular weight is 371 g/mol. The van der Waals surface area contributed by atoms with Crippen LogP contribution in [0.25, 0.3) is 0 Å². The first kappa shape index (κ1) is 17.9. The molecule has 2 aliphatic rings. The molecule has 2 heterocycles. The fourth-order valence-corrected chi connectivity index (χ4v) is 4.38. The summed E-state index contributed by atoms with van der Waals surface area (Å²) in [5.41, 5.74) is 2.01. The molecule has 6 nitrogen and oxygen atoms in total. The molecule has 1 N–H and O–H groups in total. The lowest BCUT2D eigenvalue weighted by Gasteiger charge is -2.35. The molecular formula is C20H26FN5O. The van der Waals surface area contributed by atoms with Crippen molar-refractivity contribution in [2.45, 2.75) is 64.1 Å². The van der Waals surface area contributed by atoms with Gasteiger partial charge in [0.15, 0.2) is 5.82 Å². The van der Waals surface area contributed by atoms with Crippen molar-refractivity contribution in [1.82, 2.24) is 25.0 Å². The maximum absolute atomic E-state index is 13.6. The van der Waals surface area contributed by atoms with Gasteiger partial charge in [-0.1, -0.05) is 25.3 Å². The molecule has 0 unspecified atom stereocenters. The van der Waals surface area contributed by atoms with Crippen molar-refractivity contribution in [1.29, 1.82) is 0 Å². The second-order valence-electron chi connectivity index (χ2n) is 7.57. The van der Waals surface area contributed by atoms with Crippen molar-refractivity contribution < 1.29 is 9.18 Å². The molecule has 4 rings (SSSR count). The molecule has 1 aromatic heterocycles. The predicted octanol–water partition coefficient (Wildman–Crippen LogP) is 3.75. The van der Waals surface area contributed by atoms with E-state index in [0.717, 1.165) is 36.2 Å². The van der Waals surface area contributed by atoms with E-state index < -0.39 is 0 Å². The lowest BCUT2D eigenvalue weighted by molar-refractivity contribution is 0.173. The molecule has 1 aliphatic carbocycles. The molecular weight excluding hydrogens is 345 g/mol. The first-order chi connectivity index (χ1) is 13.1. The van der Waals surface area contributed by atoms with E-state index in [1.165, 1.54) is 25.3 Å². The Kier molecular flexibility index (Phi) is 5.09. The Hall–Kier alpha value is -2.44. The highest BCUT2D eigenvalue weighted by Crippen LogP contribution is 2.30. The Labute approximate surface area is 158 Å². The predicted molar refractivity (Wildman–Crippen MR) is 99.6 cm³/mol. The van der Waals surface area contributed by atoms with E-state index in [2.05, 4.69) is 20.1 Å². The SMILES string of the molecule is C[C@H]1c2cc(F)ccc2CCN1C(=O)NCc1nncn1C1CCCCC1. The van der Waals surface area contributed by atoms with Crippen LogP contribution in [0.4, 0.5) is 9.18 Å². The monoisotopic (exact) mass is 371 g/mol. The number of amides is 2. The van der Waals surface area contributed by atoms with Gasteiger partial charge in [-0.05, 0) is 49.4 Å². The molecule has 144 valence electrons. The van der Waals surface area contributed by atoms with Crippen LogP contribution in [0.15, 0.2) is 24.5 Å². The van der Waals surface area contributed by atoms with E-state index in [0.29, 0.717) is 19.1 Å². The highest BCUT2D eigenvalue weighted by Gasteiger charge is 2.28. The van der Waals surface area contributed by atoms with Gasteiger partial charge in [0.1, 0.15) is 12.1 Å². The minimum atomic E-state index is -0.261. The lowest BCUT2D eigenvalue weighted by Crippen LogP contribution is -2.44. The maximum atomic E-state index is 13.6. The summed E-state index contributed by atoms with van der Waals surface area (Å²) in [6.45, 7) is 2.93. The summed E-state index contributed by atoms with van der Waals surface area (Å²) in [4.78, 5) is 14.5. The van der Waals surface area contributed by atoms with Gasteiger partial charge in [-0.25, -0.2) is 9.18 Å². The lowest BCUT2D eigenvalue weighted by atomic mass is 9.94. The summed E-state index contributed by atoms with van der Waals surface area (Å²) in [6, 6.07) is 4.99. The van der Waals surface area contributed by atoms with E-state index in [1.807, 2.05) is 13.0 Å². The Balaban J connectivity index is 1.41. The van der Waals surface area contributed by atoms with Crippen LogP contribution in [0, 0.1) is 5.82 Å². The maximum Gasteiger partial charge on any atom is 0.318 e. The zero-order valence-electron chi connectivity index (χ0n) is 15.7. The third-order valence-electron chi connectivity index (χ3n) is 5.92. The normalized spacial score (nSPS) is 20.4. The number of rotatable bonds is 3. The number of halogens is 1. The molecule has 0 bridgehead atoms.